The number of nitrogens with zero attached hydrogens (tertiary/aromatic N) is 3. The number of halogens is 1. The molecule has 1 saturated heterocycles. The van der Waals surface area contributed by atoms with Crippen LogP contribution in [0.15, 0.2) is 53.2 Å². The highest BCUT2D eigenvalue weighted by Gasteiger charge is 2.35. The van der Waals surface area contributed by atoms with Crippen LogP contribution in [0.5, 0.6) is 0 Å². The summed E-state index contributed by atoms with van der Waals surface area (Å²) in [7, 11) is 0. The third-order valence-corrected chi connectivity index (χ3v) is 5.70. The van der Waals surface area contributed by atoms with Crippen molar-refractivity contribution in [1.29, 1.82) is 0 Å². The molecule has 0 radical (unpaired) electrons. The summed E-state index contributed by atoms with van der Waals surface area (Å²) >= 11 is 6.22. The van der Waals surface area contributed by atoms with Crippen molar-refractivity contribution in [3.63, 3.8) is 0 Å². The fraction of sp³-hybridized carbons (Fsp3) is 0.190. The lowest BCUT2D eigenvalue weighted by Crippen LogP contribution is -2.25. The number of amides is 1. The number of carbonyl (C=O) groups excluding carboxylic acids is 1. The molecule has 2 aromatic carbocycles. The van der Waals surface area contributed by atoms with Crippen molar-refractivity contribution < 1.29 is 9.32 Å². The number of fused-ring (bicyclic) bond motifs is 1. The lowest BCUT2D eigenvalue weighted by molar-refractivity contribution is -0.117. The predicted octanol–water partition coefficient (Wildman–Crippen LogP) is 4.70. The van der Waals surface area contributed by atoms with E-state index in [9.17, 15) is 4.79 Å². The van der Waals surface area contributed by atoms with Gasteiger partial charge >= 0.3 is 0 Å². The first kappa shape index (κ1) is 17.0. The molecule has 5 rings (SSSR count). The zero-order valence-corrected chi connectivity index (χ0v) is 15.9. The molecule has 6 nitrogen and oxygen atoms in total. The average Bonchev–Trinajstić information content (AvgIpc) is 3.42. The van der Waals surface area contributed by atoms with Crippen LogP contribution in [0.25, 0.3) is 22.4 Å². The molecule has 3 heterocycles. The second kappa shape index (κ2) is 6.49. The third kappa shape index (κ3) is 2.68. The standard InChI is InChI=1S/C21H17ClN4O2/c1-12-16(22)5-3-7-18(12)26-11-13(10-19(26)27)20-24-21(28-25-20)15-4-2-6-17-14(15)8-9-23-17/h2-9,13,23H,10-11H2,1H3. The summed E-state index contributed by atoms with van der Waals surface area (Å²) in [4.78, 5) is 22.2. The molecule has 1 amide bonds. The Balaban J connectivity index is 1.45. The summed E-state index contributed by atoms with van der Waals surface area (Å²) in [6.45, 7) is 2.43. The van der Waals surface area contributed by atoms with Gasteiger partial charge in [0.1, 0.15) is 0 Å². The van der Waals surface area contributed by atoms with E-state index in [2.05, 4.69) is 15.1 Å². The van der Waals surface area contributed by atoms with Crippen molar-refractivity contribution >= 4 is 34.1 Å². The number of hydrogen-bond acceptors (Lipinski definition) is 4. The average molecular weight is 393 g/mol. The zero-order chi connectivity index (χ0) is 19.3. The van der Waals surface area contributed by atoms with Gasteiger partial charge in [-0.25, -0.2) is 0 Å². The molecule has 0 aliphatic carbocycles. The molecule has 28 heavy (non-hydrogen) atoms. The summed E-state index contributed by atoms with van der Waals surface area (Å²) < 4.78 is 5.53. The van der Waals surface area contributed by atoms with Gasteiger partial charge in [0, 0.05) is 52.3 Å². The van der Waals surface area contributed by atoms with Crippen LogP contribution in [-0.4, -0.2) is 27.6 Å². The molecule has 1 unspecified atom stereocenters. The number of carbonyl (C=O) groups is 1. The first-order chi connectivity index (χ1) is 13.6. The van der Waals surface area contributed by atoms with Crippen molar-refractivity contribution in [3.8, 4) is 11.5 Å². The molecule has 2 aromatic heterocycles. The molecule has 0 spiro atoms. The van der Waals surface area contributed by atoms with Gasteiger partial charge in [0.15, 0.2) is 5.82 Å². The van der Waals surface area contributed by atoms with E-state index in [1.165, 1.54) is 0 Å². The van der Waals surface area contributed by atoms with Crippen LogP contribution in [0.1, 0.15) is 23.7 Å². The lowest BCUT2D eigenvalue weighted by atomic mass is 10.1. The minimum atomic E-state index is -0.117. The van der Waals surface area contributed by atoms with Gasteiger partial charge in [-0.05, 0) is 42.8 Å². The van der Waals surface area contributed by atoms with E-state index in [0.29, 0.717) is 29.7 Å². The molecular formula is C21H17ClN4O2. The van der Waals surface area contributed by atoms with Crippen molar-refractivity contribution in [2.75, 3.05) is 11.4 Å². The van der Waals surface area contributed by atoms with Crippen LogP contribution in [-0.2, 0) is 4.79 Å². The fourth-order valence-corrected chi connectivity index (χ4v) is 3.95. The maximum Gasteiger partial charge on any atom is 0.258 e. The minimum absolute atomic E-state index is 0.0365. The third-order valence-electron chi connectivity index (χ3n) is 5.29. The van der Waals surface area contributed by atoms with Gasteiger partial charge in [-0.3, -0.25) is 4.79 Å². The van der Waals surface area contributed by atoms with Gasteiger partial charge in [0.2, 0.25) is 5.91 Å². The Morgan fingerprint density at radius 3 is 2.96 bits per heavy atom. The zero-order valence-electron chi connectivity index (χ0n) is 15.1. The SMILES string of the molecule is Cc1c(Cl)cccc1N1CC(c2noc(-c3cccc4[nH]ccc34)n2)CC1=O. The van der Waals surface area contributed by atoms with E-state index in [-0.39, 0.29) is 11.8 Å². The number of H-pyrrole nitrogens is 1. The van der Waals surface area contributed by atoms with E-state index < -0.39 is 0 Å². The number of anilines is 1. The van der Waals surface area contributed by atoms with E-state index in [1.807, 2.05) is 55.6 Å². The Morgan fingerprint density at radius 1 is 1.21 bits per heavy atom. The predicted molar refractivity (Wildman–Crippen MR) is 107 cm³/mol. The molecule has 1 atom stereocenters. The summed E-state index contributed by atoms with van der Waals surface area (Å²) in [6, 6.07) is 13.5. The van der Waals surface area contributed by atoms with E-state index in [0.717, 1.165) is 27.7 Å². The molecule has 1 aliphatic heterocycles. The summed E-state index contributed by atoms with van der Waals surface area (Å²) in [5.74, 6) is 0.936. The van der Waals surface area contributed by atoms with Crippen molar-refractivity contribution in [1.82, 2.24) is 15.1 Å². The smallest absolute Gasteiger partial charge is 0.258 e. The maximum absolute atomic E-state index is 12.6. The molecule has 1 N–H and O–H groups in total. The fourth-order valence-electron chi connectivity index (χ4n) is 3.78. The number of aromatic nitrogens is 3. The quantitative estimate of drug-likeness (QED) is 0.548. The number of benzene rings is 2. The van der Waals surface area contributed by atoms with Crippen molar-refractivity contribution in [3.05, 3.63) is 65.1 Å². The van der Waals surface area contributed by atoms with E-state index in [4.69, 9.17) is 16.1 Å². The summed E-state index contributed by atoms with van der Waals surface area (Å²) in [6.07, 6.45) is 2.23. The minimum Gasteiger partial charge on any atom is -0.361 e. The first-order valence-electron chi connectivity index (χ1n) is 9.07. The largest absolute Gasteiger partial charge is 0.361 e. The highest BCUT2D eigenvalue weighted by molar-refractivity contribution is 6.31. The summed E-state index contributed by atoms with van der Waals surface area (Å²) in [5, 5.41) is 5.84. The Kier molecular flexibility index (Phi) is 3.94. The van der Waals surface area contributed by atoms with Crippen LogP contribution >= 0.6 is 11.6 Å². The molecule has 7 heteroatoms. The second-order valence-corrected chi connectivity index (χ2v) is 7.40. The van der Waals surface area contributed by atoms with Gasteiger partial charge in [0.05, 0.1) is 0 Å². The molecule has 1 aliphatic rings. The van der Waals surface area contributed by atoms with Gasteiger partial charge in [-0.15, -0.1) is 0 Å². The topological polar surface area (TPSA) is 75.0 Å². The monoisotopic (exact) mass is 392 g/mol. The molecule has 140 valence electrons. The molecular weight excluding hydrogens is 376 g/mol. The Labute approximate surface area is 166 Å². The van der Waals surface area contributed by atoms with Gasteiger partial charge in [-0.2, -0.15) is 4.98 Å². The van der Waals surface area contributed by atoms with Crippen LogP contribution in [0.4, 0.5) is 5.69 Å². The molecule has 1 fully saturated rings. The maximum atomic E-state index is 12.6. The number of rotatable bonds is 3. The lowest BCUT2D eigenvalue weighted by Gasteiger charge is -2.19. The highest BCUT2D eigenvalue weighted by Crippen LogP contribution is 2.35. The highest BCUT2D eigenvalue weighted by atomic mass is 35.5. The Morgan fingerprint density at radius 2 is 2.07 bits per heavy atom. The van der Waals surface area contributed by atoms with E-state index in [1.54, 1.807) is 4.90 Å². The molecule has 0 saturated carbocycles. The normalized spacial score (nSPS) is 17.0. The first-order valence-corrected chi connectivity index (χ1v) is 9.45. The van der Waals surface area contributed by atoms with Crippen molar-refractivity contribution in [2.24, 2.45) is 0 Å². The summed E-state index contributed by atoms with van der Waals surface area (Å²) in [5.41, 5.74) is 3.62. The van der Waals surface area contributed by atoms with Gasteiger partial charge in [-0.1, -0.05) is 28.9 Å². The molecule has 0 bridgehead atoms. The van der Waals surface area contributed by atoms with Crippen molar-refractivity contribution in [2.45, 2.75) is 19.3 Å². The Bertz CT molecular complexity index is 1200. The number of nitrogens with one attached hydrogen (secondary N) is 1. The molecule has 4 aromatic rings. The van der Waals surface area contributed by atoms with Gasteiger partial charge in [0.25, 0.3) is 5.89 Å². The van der Waals surface area contributed by atoms with Gasteiger partial charge < -0.3 is 14.4 Å². The van der Waals surface area contributed by atoms with Crippen LogP contribution in [0.2, 0.25) is 5.02 Å². The van der Waals surface area contributed by atoms with Crippen LogP contribution in [0.3, 0.4) is 0 Å². The Hall–Kier alpha value is -3.12. The second-order valence-electron chi connectivity index (χ2n) is 6.99. The number of aromatic amines is 1. The number of hydrogen-bond donors (Lipinski definition) is 1. The van der Waals surface area contributed by atoms with Crippen LogP contribution < -0.4 is 4.90 Å². The van der Waals surface area contributed by atoms with E-state index >= 15 is 0 Å². The van der Waals surface area contributed by atoms with Crippen LogP contribution in [0, 0.1) is 6.92 Å².